The van der Waals surface area contributed by atoms with E-state index in [1.54, 1.807) is 4.68 Å². The second kappa shape index (κ2) is 7.50. The molecule has 1 aliphatic heterocycles. The molecule has 3 heterocycles. The van der Waals surface area contributed by atoms with Crippen molar-refractivity contribution in [3.8, 4) is 0 Å². The van der Waals surface area contributed by atoms with Crippen LogP contribution in [-0.2, 0) is 11.8 Å². The van der Waals surface area contributed by atoms with E-state index in [0.717, 1.165) is 42.1 Å². The molecular weight excluding hydrogens is 348 g/mol. The number of hydrogen-bond donors (Lipinski definition) is 2. The van der Waals surface area contributed by atoms with E-state index in [1.807, 2.05) is 26.1 Å². The first kappa shape index (κ1) is 17.7. The SMILES string of the molecule is Cc1cc(NC(=O)c2cc(C3CC3NCC3CCOCC3)cs2)n(C)n1. The summed E-state index contributed by atoms with van der Waals surface area (Å²) in [5.41, 5.74) is 2.18. The average molecular weight is 375 g/mol. The van der Waals surface area contributed by atoms with Gasteiger partial charge in [0.05, 0.1) is 10.6 Å². The lowest BCUT2D eigenvalue weighted by molar-refractivity contribution is 0.0662. The molecule has 2 aliphatic rings. The number of rotatable bonds is 6. The van der Waals surface area contributed by atoms with Crippen LogP contribution in [0.1, 0.15) is 46.1 Å². The zero-order valence-corrected chi connectivity index (χ0v) is 16.1. The summed E-state index contributed by atoms with van der Waals surface area (Å²) in [7, 11) is 1.83. The normalized spacial score (nSPS) is 23.2. The van der Waals surface area contributed by atoms with E-state index in [0.29, 0.717) is 12.0 Å². The topological polar surface area (TPSA) is 68.2 Å². The molecule has 1 saturated heterocycles. The summed E-state index contributed by atoms with van der Waals surface area (Å²) >= 11 is 1.52. The van der Waals surface area contributed by atoms with Gasteiger partial charge in [0.1, 0.15) is 5.82 Å². The molecule has 6 nitrogen and oxygen atoms in total. The number of aryl methyl sites for hydroxylation is 2. The van der Waals surface area contributed by atoms with Crippen molar-refractivity contribution in [2.24, 2.45) is 13.0 Å². The first-order chi connectivity index (χ1) is 12.6. The lowest BCUT2D eigenvalue weighted by atomic mass is 10.0. The number of thiophene rings is 1. The minimum atomic E-state index is -0.0587. The highest BCUT2D eigenvalue weighted by Crippen LogP contribution is 2.42. The van der Waals surface area contributed by atoms with Crippen molar-refractivity contribution in [1.29, 1.82) is 0 Å². The number of amides is 1. The van der Waals surface area contributed by atoms with E-state index >= 15 is 0 Å². The van der Waals surface area contributed by atoms with Gasteiger partial charge in [-0.3, -0.25) is 9.48 Å². The van der Waals surface area contributed by atoms with Crippen LogP contribution in [0.3, 0.4) is 0 Å². The van der Waals surface area contributed by atoms with Crippen molar-refractivity contribution < 1.29 is 9.53 Å². The number of nitrogens with one attached hydrogen (secondary N) is 2. The van der Waals surface area contributed by atoms with Gasteiger partial charge in [-0.05, 0) is 55.7 Å². The predicted octanol–water partition coefficient (Wildman–Crippen LogP) is 2.91. The molecule has 1 amide bonds. The zero-order valence-electron chi connectivity index (χ0n) is 15.3. The van der Waals surface area contributed by atoms with Crippen LogP contribution in [0.4, 0.5) is 5.82 Å². The highest BCUT2D eigenvalue weighted by Gasteiger charge is 2.39. The van der Waals surface area contributed by atoms with Crippen molar-refractivity contribution in [3.05, 3.63) is 33.6 Å². The molecule has 1 saturated carbocycles. The molecular formula is C19H26N4O2S. The Morgan fingerprint density at radius 1 is 1.38 bits per heavy atom. The van der Waals surface area contributed by atoms with Crippen LogP contribution >= 0.6 is 11.3 Å². The number of ether oxygens (including phenoxy) is 1. The molecule has 0 radical (unpaired) electrons. The van der Waals surface area contributed by atoms with Crippen LogP contribution in [0, 0.1) is 12.8 Å². The van der Waals surface area contributed by atoms with Crippen molar-refractivity contribution in [2.75, 3.05) is 25.1 Å². The standard InChI is InChI=1S/C19H26N4O2S/c1-12-7-18(23(2)22-12)21-19(24)17-8-14(11-26-17)15-9-16(15)20-10-13-3-5-25-6-4-13/h7-8,11,13,15-16,20H,3-6,9-10H2,1-2H3,(H,21,24). The summed E-state index contributed by atoms with van der Waals surface area (Å²) in [6.45, 7) is 4.81. The predicted molar refractivity (Wildman–Crippen MR) is 103 cm³/mol. The molecule has 2 fully saturated rings. The van der Waals surface area contributed by atoms with Crippen molar-refractivity contribution in [2.45, 2.75) is 38.1 Å². The molecule has 0 aromatic carbocycles. The number of nitrogens with zero attached hydrogens (tertiary/aromatic N) is 2. The molecule has 4 rings (SSSR count). The quantitative estimate of drug-likeness (QED) is 0.816. The molecule has 2 aromatic rings. The minimum Gasteiger partial charge on any atom is -0.381 e. The van der Waals surface area contributed by atoms with E-state index in [1.165, 1.54) is 36.2 Å². The average Bonchev–Trinajstić information content (AvgIpc) is 3.10. The molecule has 0 spiro atoms. The molecule has 26 heavy (non-hydrogen) atoms. The van der Waals surface area contributed by atoms with E-state index in [9.17, 15) is 4.79 Å². The summed E-state index contributed by atoms with van der Waals surface area (Å²) in [6.07, 6.45) is 3.50. The first-order valence-electron chi connectivity index (χ1n) is 9.31. The molecule has 2 atom stereocenters. The third-order valence-corrected chi connectivity index (χ3v) is 6.26. The number of carbonyl (C=O) groups is 1. The van der Waals surface area contributed by atoms with E-state index in [-0.39, 0.29) is 5.91 Å². The second-order valence-electron chi connectivity index (χ2n) is 7.41. The van der Waals surface area contributed by atoms with Crippen LogP contribution in [0.2, 0.25) is 0 Å². The Labute approximate surface area is 157 Å². The van der Waals surface area contributed by atoms with Gasteiger partial charge in [-0.15, -0.1) is 11.3 Å². The Morgan fingerprint density at radius 2 is 2.19 bits per heavy atom. The van der Waals surface area contributed by atoms with Gasteiger partial charge in [-0.25, -0.2) is 0 Å². The zero-order chi connectivity index (χ0) is 18.1. The molecule has 2 aromatic heterocycles. The molecule has 140 valence electrons. The Hall–Kier alpha value is -1.70. The molecule has 0 bridgehead atoms. The fourth-order valence-corrected chi connectivity index (χ4v) is 4.50. The van der Waals surface area contributed by atoms with Crippen LogP contribution in [0.25, 0.3) is 0 Å². The summed E-state index contributed by atoms with van der Waals surface area (Å²) in [5.74, 6) is 1.96. The van der Waals surface area contributed by atoms with E-state index < -0.39 is 0 Å². The van der Waals surface area contributed by atoms with Gasteiger partial charge in [0, 0.05) is 38.3 Å². The fourth-order valence-electron chi connectivity index (χ4n) is 3.63. The molecule has 2 unspecified atom stereocenters. The summed E-state index contributed by atoms with van der Waals surface area (Å²) in [6, 6.07) is 4.48. The van der Waals surface area contributed by atoms with Crippen LogP contribution in [0.5, 0.6) is 0 Å². The van der Waals surface area contributed by atoms with Gasteiger partial charge in [-0.2, -0.15) is 5.10 Å². The van der Waals surface area contributed by atoms with E-state index in [4.69, 9.17) is 4.74 Å². The second-order valence-corrected chi connectivity index (χ2v) is 8.32. The number of aromatic nitrogens is 2. The summed E-state index contributed by atoms with van der Waals surface area (Å²) in [5, 5.41) is 13.0. The monoisotopic (exact) mass is 374 g/mol. The van der Waals surface area contributed by atoms with E-state index in [2.05, 4.69) is 21.1 Å². The Kier molecular flexibility index (Phi) is 5.11. The van der Waals surface area contributed by atoms with Crippen molar-refractivity contribution in [1.82, 2.24) is 15.1 Å². The first-order valence-corrected chi connectivity index (χ1v) is 10.2. The maximum atomic E-state index is 12.5. The van der Waals surface area contributed by atoms with Gasteiger partial charge in [-0.1, -0.05) is 0 Å². The maximum absolute atomic E-state index is 12.5. The van der Waals surface area contributed by atoms with Gasteiger partial charge in [0.15, 0.2) is 0 Å². The number of hydrogen-bond acceptors (Lipinski definition) is 5. The Balaban J connectivity index is 1.29. The summed E-state index contributed by atoms with van der Waals surface area (Å²) < 4.78 is 7.11. The fraction of sp³-hybridized carbons (Fsp3) is 0.579. The smallest absolute Gasteiger partial charge is 0.266 e. The third-order valence-electron chi connectivity index (χ3n) is 5.32. The lowest BCUT2D eigenvalue weighted by Crippen LogP contribution is -2.29. The van der Waals surface area contributed by atoms with Gasteiger partial charge in [0.25, 0.3) is 5.91 Å². The number of anilines is 1. The van der Waals surface area contributed by atoms with Crippen LogP contribution in [-0.4, -0.2) is 41.5 Å². The van der Waals surface area contributed by atoms with Gasteiger partial charge in [0.2, 0.25) is 0 Å². The maximum Gasteiger partial charge on any atom is 0.266 e. The summed E-state index contributed by atoms with van der Waals surface area (Å²) in [4.78, 5) is 13.2. The highest BCUT2D eigenvalue weighted by atomic mass is 32.1. The lowest BCUT2D eigenvalue weighted by Gasteiger charge is -2.22. The Bertz CT molecular complexity index is 778. The van der Waals surface area contributed by atoms with Crippen molar-refractivity contribution in [3.63, 3.8) is 0 Å². The van der Waals surface area contributed by atoms with Crippen molar-refractivity contribution >= 4 is 23.1 Å². The number of carbonyl (C=O) groups excluding carboxylic acids is 1. The Morgan fingerprint density at radius 3 is 2.92 bits per heavy atom. The highest BCUT2D eigenvalue weighted by molar-refractivity contribution is 7.12. The molecule has 7 heteroatoms. The third kappa shape index (κ3) is 4.00. The van der Waals surface area contributed by atoms with Gasteiger partial charge >= 0.3 is 0 Å². The minimum absolute atomic E-state index is 0.0587. The molecule has 1 aliphatic carbocycles. The molecule has 2 N–H and O–H groups in total. The van der Waals surface area contributed by atoms with Crippen LogP contribution in [0.15, 0.2) is 17.5 Å². The van der Waals surface area contributed by atoms with Crippen LogP contribution < -0.4 is 10.6 Å². The largest absolute Gasteiger partial charge is 0.381 e. The van der Waals surface area contributed by atoms with Gasteiger partial charge < -0.3 is 15.4 Å².